The zero-order valence-corrected chi connectivity index (χ0v) is 9.67. The van der Waals surface area contributed by atoms with Gasteiger partial charge in [-0.05, 0) is 17.8 Å². The number of benzene rings is 1. The summed E-state index contributed by atoms with van der Waals surface area (Å²) in [6.07, 6.45) is 0. The molecule has 1 aromatic carbocycles. The second-order valence-electron chi connectivity index (χ2n) is 3.01. The molecule has 0 amide bonds. The Bertz CT molecular complexity index is 489. The summed E-state index contributed by atoms with van der Waals surface area (Å²) < 4.78 is 40.8. The number of esters is 1. The third-order valence-electron chi connectivity index (χ3n) is 1.76. The Kier molecular flexibility index (Phi) is 4.17. The molecule has 18 heavy (non-hydrogen) atoms. The van der Waals surface area contributed by atoms with Gasteiger partial charge in [-0.2, -0.15) is 13.2 Å². The molecule has 0 heterocycles. The first-order chi connectivity index (χ1) is 8.23. The number of halogens is 3. The number of nitro benzene ring substituents is 1. The van der Waals surface area contributed by atoms with E-state index < -0.39 is 38.7 Å². The van der Waals surface area contributed by atoms with E-state index in [1.807, 2.05) is 0 Å². The lowest BCUT2D eigenvalue weighted by Crippen LogP contribution is -2.04. The number of non-ortho nitro benzene ring substituents is 1. The highest BCUT2D eigenvalue weighted by Crippen LogP contribution is 2.38. The highest BCUT2D eigenvalue weighted by Gasteiger charge is 2.30. The van der Waals surface area contributed by atoms with E-state index in [0.29, 0.717) is 0 Å². The van der Waals surface area contributed by atoms with Crippen molar-refractivity contribution in [1.82, 2.24) is 0 Å². The molecule has 0 aliphatic heterocycles. The molecule has 98 valence electrons. The van der Waals surface area contributed by atoms with Gasteiger partial charge in [0.05, 0.1) is 17.6 Å². The molecule has 0 radical (unpaired) electrons. The third kappa shape index (κ3) is 3.91. The molecular formula is C9H6F3NO4S. The van der Waals surface area contributed by atoms with Crippen molar-refractivity contribution in [3.63, 3.8) is 0 Å². The minimum atomic E-state index is -4.59. The lowest BCUT2D eigenvalue weighted by atomic mass is 10.2. The van der Waals surface area contributed by atoms with Crippen LogP contribution in [0.2, 0.25) is 0 Å². The Labute approximate surface area is 103 Å². The van der Waals surface area contributed by atoms with E-state index in [1.54, 1.807) is 0 Å². The fraction of sp³-hybridized carbons (Fsp3) is 0.222. The van der Waals surface area contributed by atoms with Gasteiger partial charge in [0.1, 0.15) is 0 Å². The second kappa shape index (κ2) is 5.25. The summed E-state index contributed by atoms with van der Waals surface area (Å²) in [5, 5.41) is 10.5. The third-order valence-corrected chi connectivity index (χ3v) is 2.46. The van der Waals surface area contributed by atoms with Crippen LogP contribution in [0.25, 0.3) is 0 Å². The van der Waals surface area contributed by atoms with Gasteiger partial charge in [-0.3, -0.25) is 10.1 Å². The number of rotatable bonds is 3. The van der Waals surface area contributed by atoms with Crippen LogP contribution in [0.3, 0.4) is 0 Å². The smallest absolute Gasteiger partial charge is 0.446 e. The highest BCUT2D eigenvalue weighted by atomic mass is 32.2. The Morgan fingerprint density at radius 2 is 2.00 bits per heavy atom. The van der Waals surface area contributed by atoms with Gasteiger partial charge in [-0.25, -0.2) is 4.79 Å². The molecule has 0 saturated carbocycles. The predicted molar refractivity (Wildman–Crippen MR) is 56.3 cm³/mol. The molecule has 9 heteroatoms. The van der Waals surface area contributed by atoms with Crippen LogP contribution < -0.4 is 0 Å². The van der Waals surface area contributed by atoms with E-state index in [1.165, 1.54) is 0 Å². The van der Waals surface area contributed by atoms with Crippen molar-refractivity contribution in [1.29, 1.82) is 0 Å². The van der Waals surface area contributed by atoms with Crippen molar-refractivity contribution in [3.8, 4) is 0 Å². The summed E-state index contributed by atoms with van der Waals surface area (Å²) in [6, 6.07) is 2.48. The van der Waals surface area contributed by atoms with Crippen LogP contribution in [0.15, 0.2) is 23.1 Å². The minimum absolute atomic E-state index is 0.307. The van der Waals surface area contributed by atoms with Crippen LogP contribution in [0.4, 0.5) is 18.9 Å². The van der Waals surface area contributed by atoms with Crippen LogP contribution in [0, 0.1) is 10.1 Å². The van der Waals surface area contributed by atoms with Gasteiger partial charge in [-0.1, -0.05) is 0 Å². The summed E-state index contributed by atoms with van der Waals surface area (Å²) in [7, 11) is 1.03. The van der Waals surface area contributed by atoms with Crippen molar-refractivity contribution >= 4 is 23.4 Å². The van der Waals surface area contributed by atoms with Gasteiger partial charge in [0, 0.05) is 17.0 Å². The average molecular weight is 281 g/mol. The normalized spacial score (nSPS) is 11.1. The first-order valence-corrected chi connectivity index (χ1v) is 5.18. The first kappa shape index (κ1) is 14.3. The summed E-state index contributed by atoms with van der Waals surface area (Å²) in [5.41, 5.74) is -5.51. The molecule has 0 bridgehead atoms. The Morgan fingerprint density at radius 1 is 1.39 bits per heavy atom. The first-order valence-electron chi connectivity index (χ1n) is 4.36. The fourth-order valence-corrected chi connectivity index (χ4v) is 1.75. The van der Waals surface area contributed by atoms with Crippen molar-refractivity contribution < 1.29 is 27.6 Å². The molecule has 0 spiro atoms. The molecule has 0 aromatic heterocycles. The van der Waals surface area contributed by atoms with Gasteiger partial charge in [0.2, 0.25) is 0 Å². The van der Waals surface area contributed by atoms with Crippen LogP contribution in [-0.2, 0) is 4.74 Å². The zero-order valence-electron chi connectivity index (χ0n) is 8.85. The van der Waals surface area contributed by atoms with E-state index in [0.717, 1.165) is 25.3 Å². The second-order valence-corrected chi connectivity index (χ2v) is 4.15. The molecule has 0 fully saturated rings. The molecule has 0 N–H and O–H groups in total. The molecule has 1 aromatic rings. The summed E-state index contributed by atoms with van der Waals surface area (Å²) in [4.78, 5) is 20.4. The number of ether oxygens (including phenoxy) is 1. The van der Waals surface area contributed by atoms with E-state index in [4.69, 9.17) is 0 Å². The fourth-order valence-electron chi connectivity index (χ4n) is 1.12. The topological polar surface area (TPSA) is 69.4 Å². The lowest BCUT2D eigenvalue weighted by molar-refractivity contribution is -0.385. The number of thioether (sulfide) groups is 1. The highest BCUT2D eigenvalue weighted by molar-refractivity contribution is 8.00. The van der Waals surface area contributed by atoms with E-state index in [-0.39, 0.29) is 5.56 Å². The van der Waals surface area contributed by atoms with E-state index in [2.05, 4.69) is 4.74 Å². The molecular weight excluding hydrogens is 275 g/mol. The van der Waals surface area contributed by atoms with Crippen molar-refractivity contribution in [2.75, 3.05) is 7.11 Å². The maximum Gasteiger partial charge on any atom is 0.446 e. The zero-order chi connectivity index (χ0) is 13.9. The van der Waals surface area contributed by atoms with Crippen LogP contribution in [-0.4, -0.2) is 23.5 Å². The van der Waals surface area contributed by atoms with Crippen molar-refractivity contribution in [2.24, 2.45) is 0 Å². The summed E-state index contributed by atoms with van der Waals surface area (Å²) in [5.74, 6) is -0.942. The van der Waals surface area contributed by atoms with Gasteiger partial charge in [0.15, 0.2) is 0 Å². The Morgan fingerprint density at radius 3 is 2.44 bits per heavy atom. The summed E-state index contributed by atoms with van der Waals surface area (Å²) >= 11 is -0.538. The molecule has 0 atom stereocenters. The number of alkyl halides is 3. The van der Waals surface area contributed by atoms with Crippen LogP contribution >= 0.6 is 11.8 Å². The molecule has 0 aliphatic carbocycles. The quantitative estimate of drug-likeness (QED) is 0.368. The maximum atomic E-state index is 12.2. The Balaban J connectivity index is 3.22. The lowest BCUT2D eigenvalue weighted by Gasteiger charge is -2.07. The SMILES string of the molecule is COC(=O)c1cc(SC(F)(F)F)cc([N+](=O)[O-])c1. The van der Waals surface area contributed by atoms with Crippen LogP contribution in [0.5, 0.6) is 0 Å². The maximum absolute atomic E-state index is 12.2. The number of hydrogen-bond acceptors (Lipinski definition) is 5. The van der Waals surface area contributed by atoms with E-state index in [9.17, 15) is 28.1 Å². The monoisotopic (exact) mass is 281 g/mol. The molecule has 0 saturated heterocycles. The number of carbonyl (C=O) groups excluding carboxylic acids is 1. The van der Waals surface area contributed by atoms with Crippen molar-refractivity contribution in [2.45, 2.75) is 10.4 Å². The van der Waals surface area contributed by atoms with Gasteiger partial charge in [0.25, 0.3) is 5.69 Å². The standard InChI is InChI=1S/C9H6F3NO4S/c1-17-8(14)5-2-6(13(15)16)4-7(3-5)18-9(10,11)12/h2-4H,1H3. The van der Waals surface area contributed by atoms with Gasteiger partial charge < -0.3 is 4.74 Å². The molecule has 0 unspecified atom stereocenters. The predicted octanol–water partition coefficient (Wildman–Crippen LogP) is 2.99. The number of nitro groups is 1. The van der Waals surface area contributed by atoms with Crippen molar-refractivity contribution in [3.05, 3.63) is 33.9 Å². The number of nitrogens with zero attached hydrogens (tertiary/aromatic N) is 1. The number of hydrogen-bond donors (Lipinski definition) is 0. The number of carbonyl (C=O) groups is 1. The summed E-state index contributed by atoms with van der Waals surface area (Å²) in [6.45, 7) is 0. The molecule has 0 aliphatic rings. The molecule has 5 nitrogen and oxygen atoms in total. The van der Waals surface area contributed by atoms with E-state index >= 15 is 0 Å². The van der Waals surface area contributed by atoms with Gasteiger partial charge >= 0.3 is 11.5 Å². The number of methoxy groups -OCH3 is 1. The molecule has 1 rings (SSSR count). The van der Waals surface area contributed by atoms with Crippen LogP contribution in [0.1, 0.15) is 10.4 Å². The minimum Gasteiger partial charge on any atom is -0.465 e. The Hall–Kier alpha value is -1.77. The largest absolute Gasteiger partial charge is 0.465 e. The average Bonchev–Trinajstić information content (AvgIpc) is 2.25. The van der Waals surface area contributed by atoms with Gasteiger partial charge in [-0.15, -0.1) is 0 Å².